The molecule has 7 heteroatoms. The molecule has 1 aliphatic heterocycles. The fraction of sp³-hybridized carbons (Fsp3) is 0.333. The maximum absolute atomic E-state index is 12.9. The van der Waals surface area contributed by atoms with Crippen molar-refractivity contribution in [3.8, 4) is 5.75 Å². The van der Waals surface area contributed by atoms with Crippen molar-refractivity contribution in [2.24, 2.45) is 0 Å². The Kier molecular flexibility index (Phi) is 6.97. The van der Waals surface area contributed by atoms with E-state index >= 15 is 0 Å². The van der Waals surface area contributed by atoms with Crippen LogP contribution in [0, 0.1) is 5.82 Å². The summed E-state index contributed by atoms with van der Waals surface area (Å²) in [6.07, 6.45) is 2.10. The van der Waals surface area contributed by atoms with Crippen molar-refractivity contribution >= 4 is 17.5 Å². The predicted octanol–water partition coefficient (Wildman–Crippen LogP) is 3.14. The van der Waals surface area contributed by atoms with E-state index in [0.717, 1.165) is 19.4 Å². The molecule has 148 valence electrons. The normalized spacial score (nSPS) is 15.8. The molecule has 0 radical (unpaired) electrons. The lowest BCUT2D eigenvalue weighted by Gasteiger charge is -2.14. The number of carbonyl (C=O) groups is 2. The molecule has 2 amide bonds. The summed E-state index contributed by atoms with van der Waals surface area (Å²) in [6.45, 7) is 1.32. The van der Waals surface area contributed by atoms with E-state index in [2.05, 4.69) is 10.6 Å². The molecule has 1 fully saturated rings. The van der Waals surface area contributed by atoms with Crippen molar-refractivity contribution in [3.63, 3.8) is 0 Å². The number of benzene rings is 2. The zero-order chi connectivity index (χ0) is 19.8. The van der Waals surface area contributed by atoms with Gasteiger partial charge in [-0.25, -0.2) is 4.39 Å². The topological polar surface area (TPSA) is 76.7 Å². The van der Waals surface area contributed by atoms with E-state index in [9.17, 15) is 14.0 Å². The molecule has 2 aromatic carbocycles. The highest BCUT2D eigenvalue weighted by Crippen LogP contribution is 2.17. The van der Waals surface area contributed by atoms with Gasteiger partial charge >= 0.3 is 0 Å². The first-order valence-electron chi connectivity index (χ1n) is 9.29. The van der Waals surface area contributed by atoms with Crippen molar-refractivity contribution in [3.05, 3.63) is 59.9 Å². The summed E-state index contributed by atoms with van der Waals surface area (Å²) >= 11 is 0. The maximum Gasteiger partial charge on any atom is 0.253 e. The number of hydrogen-bond acceptors (Lipinski definition) is 4. The molecule has 0 bridgehead atoms. The first-order chi connectivity index (χ1) is 13.6. The van der Waals surface area contributed by atoms with E-state index in [4.69, 9.17) is 9.47 Å². The molecule has 6 nitrogen and oxygen atoms in total. The molecule has 1 atom stereocenters. The molecule has 1 saturated heterocycles. The quantitative estimate of drug-likeness (QED) is 0.731. The van der Waals surface area contributed by atoms with Crippen LogP contribution >= 0.6 is 0 Å². The SMILES string of the molecule is O=C(CCOc1ccc(F)cc1)Nc1ccccc1C(=O)NCC1CCCO1. The molecular weight excluding hydrogens is 363 g/mol. The molecule has 0 aliphatic carbocycles. The van der Waals surface area contributed by atoms with E-state index in [-0.39, 0.29) is 36.8 Å². The Morgan fingerprint density at radius 3 is 2.68 bits per heavy atom. The Hall–Kier alpha value is -2.93. The van der Waals surface area contributed by atoms with Crippen LogP contribution in [0.15, 0.2) is 48.5 Å². The van der Waals surface area contributed by atoms with E-state index in [1.54, 1.807) is 24.3 Å². The summed E-state index contributed by atoms with van der Waals surface area (Å²) in [7, 11) is 0. The second kappa shape index (κ2) is 9.85. The van der Waals surface area contributed by atoms with Gasteiger partial charge in [0.25, 0.3) is 5.91 Å². The zero-order valence-electron chi connectivity index (χ0n) is 15.4. The molecule has 1 aliphatic rings. The van der Waals surface area contributed by atoms with Crippen LogP contribution in [0.3, 0.4) is 0 Å². The summed E-state index contributed by atoms with van der Waals surface area (Å²) in [5, 5.41) is 5.60. The molecule has 0 spiro atoms. The van der Waals surface area contributed by atoms with E-state index in [1.165, 1.54) is 24.3 Å². The summed E-state index contributed by atoms with van der Waals surface area (Å²) in [5.74, 6) is -0.391. The van der Waals surface area contributed by atoms with Gasteiger partial charge in [-0.05, 0) is 49.2 Å². The molecular formula is C21H23FN2O4. The number of para-hydroxylation sites is 1. The fourth-order valence-electron chi connectivity index (χ4n) is 2.90. The lowest BCUT2D eigenvalue weighted by molar-refractivity contribution is -0.116. The van der Waals surface area contributed by atoms with Crippen molar-refractivity contribution in [2.45, 2.75) is 25.4 Å². The number of nitrogens with one attached hydrogen (secondary N) is 2. The first kappa shape index (κ1) is 19.8. The van der Waals surface area contributed by atoms with Crippen LogP contribution < -0.4 is 15.4 Å². The van der Waals surface area contributed by atoms with Gasteiger partial charge in [-0.3, -0.25) is 9.59 Å². The van der Waals surface area contributed by atoms with Gasteiger partial charge in [0.05, 0.1) is 30.4 Å². The molecule has 1 heterocycles. The van der Waals surface area contributed by atoms with Crippen molar-refractivity contribution in [1.82, 2.24) is 5.32 Å². The van der Waals surface area contributed by atoms with Gasteiger partial charge in [0.15, 0.2) is 0 Å². The van der Waals surface area contributed by atoms with Crippen molar-refractivity contribution in [1.29, 1.82) is 0 Å². The smallest absolute Gasteiger partial charge is 0.253 e. The van der Waals surface area contributed by atoms with Gasteiger partial charge in [-0.2, -0.15) is 0 Å². The number of ether oxygens (including phenoxy) is 2. The lowest BCUT2D eigenvalue weighted by atomic mass is 10.1. The third kappa shape index (κ3) is 5.79. The number of anilines is 1. The second-order valence-electron chi connectivity index (χ2n) is 6.49. The molecule has 2 N–H and O–H groups in total. The van der Waals surface area contributed by atoms with Gasteiger partial charge in [-0.15, -0.1) is 0 Å². The van der Waals surface area contributed by atoms with Gasteiger partial charge < -0.3 is 20.1 Å². The number of rotatable bonds is 8. The summed E-state index contributed by atoms with van der Waals surface area (Å²) < 4.78 is 23.8. The third-order valence-corrected chi connectivity index (χ3v) is 4.37. The van der Waals surface area contributed by atoms with E-state index in [0.29, 0.717) is 23.5 Å². The van der Waals surface area contributed by atoms with Gasteiger partial charge in [0, 0.05) is 13.2 Å². The van der Waals surface area contributed by atoms with Crippen LogP contribution in [0.2, 0.25) is 0 Å². The van der Waals surface area contributed by atoms with Crippen LogP contribution in [0.5, 0.6) is 5.75 Å². The average molecular weight is 386 g/mol. The monoisotopic (exact) mass is 386 g/mol. The summed E-state index contributed by atoms with van der Waals surface area (Å²) in [4.78, 5) is 24.7. The fourth-order valence-corrected chi connectivity index (χ4v) is 2.90. The average Bonchev–Trinajstić information content (AvgIpc) is 3.22. The van der Waals surface area contributed by atoms with E-state index < -0.39 is 0 Å². The molecule has 0 aromatic heterocycles. The minimum Gasteiger partial charge on any atom is -0.493 e. The van der Waals surface area contributed by atoms with Gasteiger partial charge in [-0.1, -0.05) is 12.1 Å². The van der Waals surface area contributed by atoms with E-state index in [1.807, 2.05) is 0 Å². The Bertz CT molecular complexity index is 804. The van der Waals surface area contributed by atoms with Crippen molar-refractivity contribution < 1.29 is 23.5 Å². The Morgan fingerprint density at radius 2 is 1.93 bits per heavy atom. The zero-order valence-corrected chi connectivity index (χ0v) is 15.4. The number of halogens is 1. The third-order valence-electron chi connectivity index (χ3n) is 4.37. The highest BCUT2D eigenvalue weighted by molar-refractivity contribution is 6.03. The maximum atomic E-state index is 12.9. The molecule has 1 unspecified atom stereocenters. The predicted molar refractivity (Wildman–Crippen MR) is 103 cm³/mol. The molecule has 0 saturated carbocycles. The minimum atomic E-state index is -0.348. The minimum absolute atomic E-state index is 0.0503. The lowest BCUT2D eigenvalue weighted by Crippen LogP contribution is -2.32. The standard InChI is InChI=1S/C21H23FN2O4/c22-15-7-9-16(10-8-15)28-13-11-20(25)24-19-6-2-1-5-18(19)21(26)23-14-17-4-3-12-27-17/h1-2,5-10,17H,3-4,11-14H2,(H,23,26)(H,24,25). The van der Waals surface area contributed by atoms with Gasteiger partial charge in [0.2, 0.25) is 5.91 Å². The Balaban J connectivity index is 1.49. The summed E-state index contributed by atoms with van der Waals surface area (Å²) in [5.41, 5.74) is 0.840. The molecule has 28 heavy (non-hydrogen) atoms. The van der Waals surface area contributed by atoms with Crippen LogP contribution in [-0.4, -0.2) is 37.7 Å². The summed E-state index contributed by atoms with van der Waals surface area (Å²) in [6, 6.07) is 12.4. The van der Waals surface area contributed by atoms with Crippen LogP contribution in [0.4, 0.5) is 10.1 Å². The largest absolute Gasteiger partial charge is 0.493 e. The highest BCUT2D eigenvalue weighted by Gasteiger charge is 2.18. The number of amides is 2. The first-order valence-corrected chi connectivity index (χ1v) is 9.29. The number of carbonyl (C=O) groups excluding carboxylic acids is 2. The second-order valence-corrected chi connectivity index (χ2v) is 6.49. The Morgan fingerprint density at radius 1 is 1.14 bits per heavy atom. The van der Waals surface area contributed by atoms with Crippen LogP contribution in [0.25, 0.3) is 0 Å². The Labute approximate surface area is 163 Å². The number of hydrogen-bond donors (Lipinski definition) is 2. The van der Waals surface area contributed by atoms with Gasteiger partial charge in [0.1, 0.15) is 11.6 Å². The van der Waals surface area contributed by atoms with Crippen molar-refractivity contribution in [2.75, 3.05) is 25.1 Å². The molecule has 3 rings (SSSR count). The molecule has 2 aromatic rings. The highest BCUT2D eigenvalue weighted by atomic mass is 19.1. The van der Waals surface area contributed by atoms with Crippen LogP contribution in [-0.2, 0) is 9.53 Å². The van der Waals surface area contributed by atoms with Crippen LogP contribution in [0.1, 0.15) is 29.6 Å².